The summed E-state index contributed by atoms with van der Waals surface area (Å²) >= 11 is 3.76. The van der Waals surface area contributed by atoms with Gasteiger partial charge in [0.05, 0.1) is 0 Å². The Balaban J connectivity index is 1.13. The largest absolute Gasteiger partial charge is 0.456 e. The van der Waals surface area contributed by atoms with Gasteiger partial charge in [-0.1, -0.05) is 115 Å². The van der Waals surface area contributed by atoms with Crippen LogP contribution in [0.25, 0.3) is 117 Å². The van der Waals surface area contributed by atoms with Crippen LogP contribution in [-0.4, -0.2) is 0 Å². The van der Waals surface area contributed by atoms with Crippen LogP contribution in [0.2, 0.25) is 0 Å². The topological polar surface area (TPSA) is 13.1 Å². The lowest BCUT2D eigenvalue weighted by Crippen LogP contribution is -1.90. The molecule has 0 unspecified atom stereocenters. The van der Waals surface area contributed by atoms with Crippen molar-refractivity contribution in [3.05, 3.63) is 158 Å². The molecule has 0 bridgehead atoms. The first-order valence-corrected chi connectivity index (χ1v) is 19.0. The van der Waals surface area contributed by atoms with Crippen molar-refractivity contribution in [1.29, 1.82) is 0 Å². The van der Waals surface area contributed by atoms with Crippen molar-refractivity contribution < 1.29 is 4.42 Å². The zero-order chi connectivity index (χ0) is 33.2. The fourth-order valence-electron chi connectivity index (χ4n) is 8.68. The third-order valence-electron chi connectivity index (χ3n) is 10.8. The highest BCUT2D eigenvalue weighted by molar-refractivity contribution is 7.26. The smallest absolute Gasteiger partial charge is 0.136 e. The summed E-state index contributed by atoms with van der Waals surface area (Å²) in [5.74, 6) is 0. The summed E-state index contributed by atoms with van der Waals surface area (Å²) in [6, 6.07) is 58.2. The maximum atomic E-state index is 6.34. The van der Waals surface area contributed by atoms with Crippen LogP contribution in [0, 0.1) is 0 Å². The molecular formula is C48H26OS2. The van der Waals surface area contributed by atoms with Gasteiger partial charge in [-0.15, -0.1) is 22.7 Å². The van der Waals surface area contributed by atoms with Crippen LogP contribution < -0.4 is 0 Å². The predicted molar refractivity (Wildman–Crippen MR) is 223 cm³/mol. The van der Waals surface area contributed by atoms with Crippen molar-refractivity contribution in [2.24, 2.45) is 0 Å². The number of rotatable bonds is 2. The minimum atomic E-state index is 0.935. The first-order valence-electron chi connectivity index (χ1n) is 17.3. The molecule has 51 heavy (non-hydrogen) atoms. The molecule has 0 atom stereocenters. The van der Waals surface area contributed by atoms with E-state index in [2.05, 4.69) is 152 Å². The number of benzene rings is 9. The predicted octanol–water partition coefficient (Wildman–Crippen LogP) is 15.1. The Morgan fingerprint density at radius 1 is 0.314 bits per heavy atom. The number of furan rings is 1. The minimum absolute atomic E-state index is 0.935. The molecule has 0 radical (unpaired) electrons. The molecule has 0 fully saturated rings. The molecule has 0 amide bonds. The Morgan fingerprint density at radius 2 is 0.882 bits per heavy atom. The molecule has 0 saturated heterocycles. The number of hydrogen-bond acceptors (Lipinski definition) is 3. The second-order valence-corrected chi connectivity index (χ2v) is 15.7. The van der Waals surface area contributed by atoms with Crippen molar-refractivity contribution in [3.63, 3.8) is 0 Å². The molecule has 0 aliphatic carbocycles. The normalized spacial score (nSPS) is 12.3. The Morgan fingerprint density at radius 3 is 1.65 bits per heavy atom. The van der Waals surface area contributed by atoms with E-state index < -0.39 is 0 Å². The lowest BCUT2D eigenvalue weighted by molar-refractivity contribution is 0.669. The van der Waals surface area contributed by atoms with E-state index in [4.69, 9.17) is 4.42 Å². The highest BCUT2D eigenvalue weighted by Gasteiger charge is 2.20. The number of hydrogen-bond donors (Lipinski definition) is 0. The first-order chi connectivity index (χ1) is 25.3. The van der Waals surface area contributed by atoms with E-state index in [0.29, 0.717) is 0 Å². The molecule has 236 valence electrons. The van der Waals surface area contributed by atoms with Crippen LogP contribution in [0.4, 0.5) is 0 Å². The van der Waals surface area contributed by atoms with Crippen molar-refractivity contribution in [1.82, 2.24) is 0 Å². The molecule has 12 rings (SSSR count). The molecule has 3 aromatic heterocycles. The van der Waals surface area contributed by atoms with E-state index in [-0.39, 0.29) is 0 Å². The second-order valence-electron chi connectivity index (χ2n) is 13.5. The number of para-hydroxylation sites is 1. The Hall–Kier alpha value is -6.00. The van der Waals surface area contributed by atoms with Crippen LogP contribution in [-0.2, 0) is 0 Å². The maximum Gasteiger partial charge on any atom is 0.136 e. The van der Waals surface area contributed by atoms with Gasteiger partial charge in [-0.05, 0) is 91.6 Å². The van der Waals surface area contributed by atoms with Gasteiger partial charge in [-0.3, -0.25) is 0 Å². The highest BCUT2D eigenvalue weighted by Crippen LogP contribution is 2.48. The zero-order valence-electron chi connectivity index (χ0n) is 27.2. The molecule has 3 heterocycles. The van der Waals surface area contributed by atoms with E-state index >= 15 is 0 Å². The van der Waals surface area contributed by atoms with Crippen molar-refractivity contribution >= 4 is 117 Å². The van der Waals surface area contributed by atoms with Crippen LogP contribution in [0.1, 0.15) is 0 Å². The van der Waals surface area contributed by atoms with Gasteiger partial charge in [0.2, 0.25) is 0 Å². The van der Waals surface area contributed by atoms with E-state index in [1.54, 1.807) is 0 Å². The van der Waals surface area contributed by atoms with Gasteiger partial charge in [0.1, 0.15) is 11.2 Å². The van der Waals surface area contributed by atoms with Gasteiger partial charge in [0.25, 0.3) is 0 Å². The van der Waals surface area contributed by atoms with Crippen LogP contribution in [0.3, 0.4) is 0 Å². The Labute approximate surface area is 300 Å². The second kappa shape index (κ2) is 10.3. The van der Waals surface area contributed by atoms with Gasteiger partial charge in [-0.2, -0.15) is 0 Å². The van der Waals surface area contributed by atoms with Gasteiger partial charge in [-0.25, -0.2) is 0 Å². The van der Waals surface area contributed by atoms with Gasteiger partial charge in [0.15, 0.2) is 0 Å². The SMILES string of the molecule is c1ccc2c(c1)oc1ccc3ccc4sc5cc(-c6c7ccccc7c(-c7ccc8sc9ccccc9c8c7)c7ccccc67)ccc5c4c3c12. The molecule has 1 nitrogen and oxygen atoms in total. The first kappa shape index (κ1) is 27.8. The quantitative estimate of drug-likeness (QED) is 0.165. The fourth-order valence-corrected chi connectivity index (χ4v) is 10.9. The Kier molecular flexibility index (Phi) is 5.59. The van der Waals surface area contributed by atoms with E-state index in [0.717, 1.165) is 11.2 Å². The molecule has 0 saturated carbocycles. The lowest BCUT2D eigenvalue weighted by atomic mass is 9.85. The molecular weight excluding hydrogens is 657 g/mol. The minimum Gasteiger partial charge on any atom is -0.456 e. The summed E-state index contributed by atoms with van der Waals surface area (Å²) in [5.41, 5.74) is 6.97. The molecule has 0 aliphatic heterocycles. The third-order valence-corrected chi connectivity index (χ3v) is 13.1. The summed E-state index contributed by atoms with van der Waals surface area (Å²) in [6.07, 6.45) is 0. The highest BCUT2D eigenvalue weighted by atomic mass is 32.1. The maximum absolute atomic E-state index is 6.34. The van der Waals surface area contributed by atoms with Gasteiger partial charge < -0.3 is 4.42 Å². The van der Waals surface area contributed by atoms with Crippen molar-refractivity contribution in [2.45, 2.75) is 0 Å². The summed E-state index contributed by atoms with van der Waals surface area (Å²) < 4.78 is 11.6. The monoisotopic (exact) mass is 682 g/mol. The van der Waals surface area contributed by atoms with E-state index in [9.17, 15) is 0 Å². The van der Waals surface area contributed by atoms with Crippen molar-refractivity contribution in [3.8, 4) is 22.3 Å². The number of thiophene rings is 2. The summed E-state index contributed by atoms with van der Waals surface area (Å²) in [4.78, 5) is 0. The summed E-state index contributed by atoms with van der Waals surface area (Å²) in [6.45, 7) is 0. The lowest BCUT2D eigenvalue weighted by Gasteiger charge is -2.18. The number of fused-ring (bicyclic) bond motifs is 14. The third kappa shape index (κ3) is 3.85. The summed E-state index contributed by atoms with van der Waals surface area (Å²) in [5, 5.41) is 15.3. The Bertz CT molecular complexity index is 3370. The standard InChI is InChI=1S/C48H26OS2/c1-3-12-33-31(10-1)44(28-20-23-41-37(25-28)30-9-6-8-16-40(30)50-41)32-11-2-4-13-34(32)45(33)29-17-21-36-43(26-29)51-42-24-19-27-18-22-39-47(46(27)48(36)42)35-14-5-7-15-38(35)49-39/h1-26H. The van der Waals surface area contributed by atoms with Crippen molar-refractivity contribution in [2.75, 3.05) is 0 Å². The fraction of sp³-hybridized carbons (Fsp3) is 0. The molecule has 0 spiro atoms. The van der Waals surface area contributed by atoms with Crippen LogP contribution in [0.15, 0.2) is 162 Å². The average molecular weight is 683 g/mol. The van der Waals surface area contributed by atoms with E-state index in [1.165, 1.54) is 106 Å². The van der Waals surface area contributed by atoms with Gasteiger partial charge >= 0.3 is 0 Å². The zero-order valence-corrected chi connectivity index (χ0v) is 28.9. The van der Waals surface area contributed by atoms with Crippen LogP contribution >= 0.6 is 22.7 Å². The molecule has 0 aliphatic rings. The van der Waals surface area contributed by atoms with E-state index in [1.807, 2.05) is 28.7 Å². The summed E-state index contributed by atoms with van der Waals surface area (Å²) in [7, 11) is 0. The molecule has 0 N–H and O–H groups in total. The molecule has 9 aromatic carbocycles. The molecule has 3 heteroatoms. The van der Waals surface area contributed by atoms with Gasteiger partial charge in [0, 0.05) is 56.5 Å². The van der Waals surface area contributed by atoms with Crippen LogP contribution in [0.5, 0.6) is 0 Å². The average Bonchev–Trinajstić information content (AvgIpc) is 3.87. The molecule has 12 aromatic rings.